The van der Waals surface area contributed by atoms with Crippen LogP contribution in [0.3, 0.4) is 0 Å². The third-order valence-corrected chi connectivity index (χ3v) is 7.19. The van der Waals surface area contributed by atoms with Crippen molar-refractivity contribution < 1.29 is 17.9 Å². The number of rotatable bonds is 5. The highest BCUT2D eigenvalue weighted by atomic mass is 32.2. The zero-order valence-corrected chi connectivity index (χ0v) is 19.2. The van der Waals surface area contributed by atoms with Crippen molar-refractivity contribution in [2.24, 2.45) is 0 Å². The zero-order valence-electron chi connectivity index (χ0n) is 18.4. The number of carbonyl (C=O) groups is 1. The first-order valence-corrected chi connectivity index (χ1v) is 12.3. The molecule has 0 bridgehead atoms. The van der Waals surface area contributed by atoms with Gasteiger partial charge in [-0.15, -0.1) is 0 Å². The van der Waals surface area contributed by atoms with Crippen molar-refractivity contribution in [3.63, 3.8) is 0 Å². The van der Waals surface area contributed by atoms with Gasteiger partial charge in [-0.05, 0) is 75.8 Å². The lowest BCUT2D eigenvalue weighted by Crippen LogP contribution is -2.27. The van der Waals surface area contributed by atoms with Crippen LogP contribution < -0.4 is 0 Å². The molecule has 0 spiro atoms. The minimum Gasteiger partial charge on any atom is -0.443 e. The van der Waals surface area contributed by atoms with E-state index in [0.717, 1.165) is 10.9 Å². The van der Waals surface area contributed by atoms with E-state index >= 15 is 0 Å². The SMILES string of the molecule is CCCS(=O)(=O)c1ccc(-c2cc3ccc(C4CC4)cc3n2C(=O)OC(C)(C)C)nc1. The van der Waals surface area contributed by atoms with Crippen molar-refractivity contribution in [1.29, 1.82) is 0 Å². The Hall–Kier alpha value is -2.67. The van der Waals surface area contributed by atoms with Gasteiger partial charge in [-0.25, -0.2) is 17.8 Å². The van der Waals surface area contributed by atoms with Gasteiger partial charge >= 0.3 is 6.09 Å². The Balaban J connectivity index is 1.83. The minimum atomic E-state index is -3.35. The van der Waals surface area contributed by atoms with Crippen molar-refractivity contribution in [3.8, 4) is 11.4 Å². The number of hydrogen-bond donors (Lipinski definition) is 0. The van der Waals surface area contributed by atoms with E-state index in [2.05, 4.69) is 17.1 Å². The Labute approximate surface area is 183 Å². The Morgan fingerprint density at radius 3 is 2.48 bits per heavy atom. The second-order valence-corrected chi connectivity index (χ2v) is 11.2. The number of ether oxygens (including phenoxy) is 1. The molecule has 0 radical (unpaired) electrons. The number of aromatic nitrogens is 2. The van der Waals surface area contributed by atoms with Gasteiger partial charge in [0.15, 0.2) is 9.84 Å². The van der Waals surface area contributed by atoms with Crippen LogP contribution in [0.1, 0.15) is 58.4 Å². The van der Waals surface area contributed by atoms with Crippen LogP contribution in [0.4, 0.5) is 4.79 Å². The molecule has 4 rings (SSSR count). The molecule has 2 heterocycles. The topological polar surface area (TPSA) is 78.3 Å². The molecule has 1 fully saturated rings. The van der Waals surface area contributed by atoms with Gasteiger partial charge in [-0.1, -0.05) is 19.1 Å². The number of hydrogen-bond acceptors (Lipinski definition) is 5. The molecule has 0 saturated heterocycles. The van der Waals surface area contributed by atoms with E-state index in [9.17, 15) is 13.2 Å². The van der Waals surface area contributed by atoms with Crippen LogP contribution in [0.2, 0.25) is 0 Å². The first-order chi connectivity index (χ1) is 14.6. The molecule has 31 heavy (non-hydrogen) atoms. The van der Waals surface area contributed by atoms with Gasteiger partial charge < -0.3 is 4.74 Å². The minimum absolute atomic E-state index is 0.0795. The summed E-state index contributed by atoms with van der Waals surface area (Å²) in [6.45, 7) is 7.32. The Morgan fingerprint density at radius 2 is 1.90 bits per heavy atom. The fourth-order valence-corrected chi connectivity index (χ4v) is 4.95. The van der Waals surface area contributed by atoms with Crippen molar-refractivity contribution >= 4 is 26.8 Å². The molecule has 7 heteroatoms. The molecule has 6 nitrogen and oxygen atoms in total. The fraction of sp³-hybridized carbons (Fsp3) is 0.417. The summed E-state index contributed by atoms with van der Waals surface area (Å²) < 4.78 is 31.9. The maximum atomic E-state index is 13.2. The Kier molecular flexibility index (Phi) is 5.41. The molecule has 1 aliphatic rings. The summed E-state index contributed by atoms with van der Waals surface area (Å²) in [4.78, 5) is 17.7. The molecule has 0 N–H and O–H groups in total. The molecular formula is C24H28N2O4S. The van der Waals surface area contributed by atoms with E-state index in [1.54, 1.807) is 16.7 Å². The number of carbonyl (C=O) groups excluding carboxylic acids is 1. The number of benzene rings is 1. The molecule has 0 unspecified atom stereocenters. The summed E-state index contributed by atoms with van der Waals surface area (Å²) >= 11 is 0. The molecule has 1 saturated carbocycles. The third kappa shape index (κ3) is 4.51. The molecule has 0 amide bonds. The van der Waals surface area contributed by atoms with Gasteiger partial charge in [0.2, 0.25) is 0 Å². The number of pyridine rings is 1. The van der Waals surface area contributed by atoms with Gasteiger partial charge in [0.05, 0.1) is 27.6 Å². The van der Waals surface area contributed by atoms with Gasteiger partial charge in [-0.3, -0.25) is 4.98 Å². The lowest BCUT2D eigenvalue weighted by molar-refractivity contribution is 0.0547. The summed E-state index contributed by atoms with van der Waals surface area (Å²) in [5.74, 6) is 0.631. The summed E-state index contributed by atoms with van der Waals surface area (Å²) in [5, 5.41) is 0.912. The Bertz CT molecular complexity index is 1230. The lowest BCUT2D eigenvalue weighted by atomic mass is 10.1. The molecule has 2 aromatic heterocycles. The number of nitrogens with zero attached hydrogens (tertiary/aromatic N) is 2. The maximum absolute atomic E-state index is 13.2. The van der Waals surface area contributed by atoms with E-state index in [1.807, 2.05) is 39.8 Å². The monoisotopic (exact) mass is 440 g/mol. The predicted molar refractivity (Wildman–Crippen MR) is 121 cm³/mol. The molecule has 0 aliphatic heterocycles. The average Bonchev–Trinajstić information content (AvgIpc) is 3.46. The van der Waals surface area contributed by atoms with Crippen LogP contribution in [0.15, 0.2) is 47.5 Å². The quantitative estimate of drug-likeness (QED) is 0.520. The van der Waals surface area contributed by atoms with Crippen LogP contribution in [0.5, 0.6) is 0 Å². The van der Waals surface area contributed by atoms with Gasteiger partial charge in [-0.2, -0.15) is 0 Å². The van der Waals surface area contributed by atoms with Crippen LogP contribution in [-0.2, 0) is 14.6 Å². The molecule has 164 valence electrons. The lowest BCUT2D eigenvalue weighted by Gasteiger charge is -2.21. The highest BCUT2D eigenvalue weighted by molar-refractivity contribution is 7.91. The first-order valence-electron chi connectivity index (χ1n) is 10.7. The van der Waals surface area contributed by atoms with Crippen molar-refractivity contribution in [2.75, 3.05) is 5.75 Å². The molecule has 3 aromatic rings. The van der Waals surface area contributed by atoms with E-state index in [0.29, 0.717) is 23.7 Å². The van der Waals surface area contributed by atoms with Crippen LogP contribution in [0, 0.1) is 0 Å². The van der Waals surface area contributed by atoms with Crippen molar-refractivity contribution in [1.82, 2.24) is 9.55 Å². The standard InChI is InChI=1S/C24H28N2O4S/c1-5-12-31(28,29)19-10-11-20(25-15-19)22-14-18-9-8-17(16-6-7-16)13-21(18)26(22)23(27)30-24(2,3)4/h8-11,13-16H,5-7,12H2,1-4H3. The summed E-state index contributed by atoms with van der Waals surface area (Å²) in [5.41, 5.74) is 2.45. The zero-order chi connectivity index (χ0) is 22.4. The summed E-state index contributed by atoms with van der Waals surface area (Å²) in [6.07, 6.45) is 3.77. The van der Waals surface area contributed by atoms with Crippen molar-refractivity contribution in [3.05, 3.63) is 48.2 Å². The molecular weight excluding hydrogens is 412 g/mol. The maximum Gasteiger partial charge on any atom is 0.419 e. The first kappa shape index (κ1) is 21.6. The number of fused-ring (bicyclic) bond motifs is 1. The van der Waals surface area contributed by atoms with Crippen molar-refractivity contribution in [2.45, 2.75) is 63.4 Å². The largest absolute Gasteiger partial charge is 0.443 e. The molecule has 1 aliphatic carbocycles. The van der Waals surface area contributed by atoms with Crippen LogP contribution in [-0.4, -0.2) is 35.4 Å². The molecule has 0 atom stereocenters. The van der Waals surface area contributed by atoms with Crippen LogP contribution >= 0.6 is 0 Å². The van der Waals surface area contributed by atoms with E-state index in [1.165, 1.54) is 24.6 Å². The van der Waals surface area contributed by atoms with Crippen LogP contribution in [0.25, 0.3) is 22.3 Å². The average molecular weight is 441 g/mol. The second-order valence-electron chi connectivity index (χ2n) is 9.14. The highest BCUT2D eigenvalue weighted by Crippen LogP contribution is 2.41. The van der Waals surface area contributed by atoms with Gasteiger partial charge in [0, 0.05) is 11.6 Å². The van der Waals surface area contributed by atoms with E-state index in [4.69, 9.17) is 4.74 Å². The normalized spacial score (nSPS) is 14.7. The Morgan fingerprint density at radius 1 is 1.16 bits per heavy atom. The summed E-state index contributed by atoms with van der Waals surface area (Å²) in [7, 11) is -3.35. The van der Waals surface area contributed by atoms with Gasteiger partial charge in [0.1, 0.15) is 5.60 Å². The second kappa shape index (κ2) is 7.79. The van der Waals surface area contributed by atoms with E-state index in [-0.39, 0.29) is 10.6 Å². The predicted octanol–water partition coefficient (Wildman–Crippen LogP) is 5.55. The third-order valence-electron chi connectivity index (χ3n) is 5.28. The number of sulfone groups is 1. The van der Waals surface area contributed by atoms with Gasteiger partial charge in [0.25, 0.3) is 0 Å². The fourth-order valence-electron chi connectivity index (χ4n) is 3.68. The van der Waals surface area contributed by atoms with E-state index < -0.39 is 21.5 Å². The summed E-state index contributed by atoms with van der Waals surface area (Å²) in [6, 6.07) is 11.3. The molecule has 1 aromatic carbocycles. The highest BCUT2D eigenvalue weighted by Gasteiger charge is 2.27. The smallest absolute Gasteiger partial charge is 0.419 e.